The van der Waals surface area contributed by atoms with Gasteiger partial charge in [-0.1, -0.05) is 31.2 Å². The van der Waals surface area contributed by atoms with E-state index in [0.29, 0.717) is 19.5 Å². The van der Waals surface area contributed by atoms with Crippen LogP contribution in [0.15, 0.2) is 53.5 Å². The molecule has 8 heteroatoms. The number of benzene rings is 2. The van der Waals surface area contributed by atoms with Gasteiger partial charge >= 0.3 is 0 Å². The summed E-state index contributed by atoms with van der Waals surface area (Å²) in [4.78, 5) is 16.5. The molecule has 0 aromatic heterocycles. The normalized spacial score (nSPS) is 10.8. The molecule has 0 aliphatic rings. The maximum atomic E-state index is 11.7. The van der Waals surface area contributed by atoms with E-state index >= 15 is 0 Å². The molecule has 2 aromatic carbocycles. The Morgan fingerprint density at radius 1 is 0.970 bits per heavy atom. The van der Waals surface area contributed by atoms with Crippen molar-refractivity contribution < 1.29 is 14.3 Å². The number of anilines is 1. The molecular formula is C25H37IN4O3. The Morgan fingerprint density at radius 3 is 2.30 bits per heavy atom. The molecule has 0 aliphatic carbocycles. The minimum Gasteiger partial charge on any atom is -0.497 e. The Labute approximate surface area is 214 Å². The number of guanidine groups is 1. The van der Waals surface area contributed by atoms with Gasteiger partial charge in [0.15, 0.2) is 5.96 Å². The van der Waals surface area contributed by atoms with Crippen molar-refractivity contribution in [3.63, 3.8) is 0 Å². The molecule has 0 aliphatic heterocycles. The van der Waals surface area contributed by atoms with Crippen molar-refractivity contribution in [3.05, 3.63) is 59.7 Å². The molecule has 0 atom stereocenters. The summed E-state index contributed by atoms with van der Waals surface area (Å²) in [5.74, 6) is 1.62. The maximum Gasteiger partial charge on any atom is 0.224 e. The van der Waals surface area contributed by atoms with Crippen molar-refractivity contribution in [3.8, 4) is 5.75 Å². The van der Waals surface area contributed by atoms with Crippen LogP contribution in [-0.2, 0) is 22.6 Å². The third-order valence-electron chi connectivity index (χ3n) is 4.72. The van der Waals surface area contributed by atoms with E-state index in [1.54, 1.807) is 7.11 Å². The van der Waals surface area contributed by atoms with E-state index in [-0.39, 0.29) is 29.9 Å². The lowest BCUT2D eigenvalue weighted by Gasteiger charge is -2.13. The number of nitrogens with one attached hydrogen (secondary N) is 3. The second-order valence-corrected chi connectivity index (χ2v) is 7.34. The van der Waals surface area contributed by atoms with Gasteiger partial charge in [-0.25, -0.2) is 4.99 Å². The average molecular weight is 569 g/mol. The van der Waals surface area contributed by atoms with Crippen molar-refractivity contribution in [2.75, 3.05) is 32.2 Å². The van der Waals surface area contributed by atoms with Crippen molar-refractivity contribution in [1.82, 2.24) is 10.6 Å². The highest BCUT2D eigenvalue weighted by Gasteiger charge is 2.03. The topological polar surface area (TPSA) is 84.0 Å². The highest BCUT2D eigenvalue weighted by atomic mass is 127. The molecule has 1 amide bonds. The van der Waals surface area contributed by atoms with Crippen molar-refractivity contribution in [1.29, 1.82) is 0 Å². The minimum atomic E-state index is 0. The van der Waals surface area contributed by atoms with E-state index in [1.807, 2.05) is 62.4 Å². The lowest BCUT2D eigenvalue weighted by Crippen LogP contribution is -2.37. The molecule has 2 aromatic rings. The van der Waals surface area contributed by atoms with Gasteiger partial charge in [-0.2, -0.15) is 0 Å². The van der Waals surface area contributed by atoms with Gasteiger partial charge in [-0.05, 0) is 55.2 Å². The number of nitrogens with zero attached hydrogens (tertiary/aromatic N) is 1. The fraction of sp³-hybridized carbons (Fsp3) is 0.440. The number of aliphatic imine (C=N–C) groups is 1. The van der Waals surface area contributed by atoms with Crippen LogP contribution in [0.25, 0.3) is 0 Å². The number of rotatable bonds is 13. The molecule has 0 fully saturated rings. The van der Waals surface area contributed by atoms with E-state index in [1.165, 1.54) is 0 Å². The molecule has 0 saturated heterocycles. The molecule has 0 heterocycles. The second kappa shape index (κ2) is 17.2. The molecule has 7 nitrogen and oxygen atoms in total. The van der Waals surface area contributed by atoms with Crippen LogP contribution in [-0.4, -0.2) is 38.7 Å². The monoisotopic (exact) mass is 568 g/mol. The first kappa shape index (κ1) is 28.7. The summed E-state index contributed by atoms with van der Waals surface area (Å²) in [7, 11) is 1.66. The first-order chi connectivity index (χ1) is 15.6. The number of amides is 1. The van der Waals surface area contributed by atoms with Crippen molar-refractivity contribution in [2.45, 2.75) is 46.2 Å². The Balaban J connectivity index is 0.00000544. The van der Waals surface area contributed by atoms with Gasteiger partial charge in [0.25, 0.3) is 0 Å². The summed E-state index contributed by atoms with van der Waals surface area (Å²) >= 11 is 0. The molecule has 0 radical (unpaired) electrons. The standard InChI is InChI=1S/C25H36N4O3.HI/c1-4-7-24(30)29-22-12-8-20(9-13-22)18-27-25(26-16-6-17-32-5-2)28-19-21-10-14-23(31-3)15-11-21;/h8-15H,4-7,16-19H2,1-3H3,(H,29,30)(H2,26,27,28);1H. The van der Waals surface area contributed by atoms with Gasteiger partial charge in [0.05, 0.1) is 13.7 Å². The Kier molecular flexibility index (Phi) is 14.9. The first-order valence-corrected chi connectivity index (χ1v) is 11.3. The third-order valence-corrected chi connectivity index (χ3v) is 4.72. The fourth-order valence-electron chi connectivity index (χ4n) is 2.94. The van der Waals surface area contributed by atoms with Gasteiger partial charge in [0.1, 0.15) is 5.75 Å². The number of carbonyl (C=O) groups excluding carboxylic acids is 1. The number of hydrogen-bond donors (Lipinski definition) is 3. The summed E-state index contributed by atoms with van der Waals surface area (Å²) in [6.45, 7) is 7.41. The minimum absolute atomic E-state index is 0. The van der Waals surface area contributed by atoms with Crippen molar-refractivity contribution in [2.24, 2.45) is 4.99 Å². The molecule has 182 valence electrons. The highest BCUT2D eigenvalue weighted by molar-refractivity contribution is 14.0. The molecule has 2 rings (SSSR count). The van der Waals surface area contributed by atoms with Crippen molar-refractivity contribution >= 4 is 41.5 Å². The van der Waals surface area contributed by atoms with Gasteiger partial charge in [-0.15, -0.1) is 24.0 Å². The number of hydrogen-bond acceptors (Lipinski definition) is 4. The van der Waals surface area contributed by atoms with Crippen LogP contribution in [0, 0.1) is 0 Å². The van der Waals surface area contributed by atoms with Crippen LogP contribution in [0.4, 0.5) is 5.69 Å². The van der Waals surface area contributed by atoms with Crippen LogP contribution in [0.2, 0.25) is 0 Å². The van der Waals surface area contributed by atoms with Gasteiger partial charge in [0.2, 0.25) is 5.91 Å². The highest BCUT2D eigenvalue weighted by Crippen LogP contribution is 2.12. The zero-order chi connectivity index (χ0) is 23.0. The number of halogens is 1. The molecule has 0 saturated carbocycles. The van der Waals surface area contributed by atoms with Crippen LogP contribution < -0.4 is 20.7 Å². The number of carbonyl (C=O) groups is 1. The maximum absolute atomic E-state index is 11.7. The number of methoxy groups -OCH3 is 1. The number of ether oxygens (including phenoxy) is 2. The molecular weight excluding hydrogens is 531 g/mol. The second-order valence-electron chi connectivity index (χ2n) is 7.34. The van der Waals surface area contributed by atoms with E-state index in [9.17, 15) is 4.79 Å². The Bertz CT molecular complexity index is 827. The largest absolute Gasteiger partial charge is 0.497 e. The van der Waals surface area contributed by atoms with E-state index in [0.717, 1.165) is 61.1 Å². The summed E-state index contributed by atoms with van der Waals surface area (Å²) in [5, 5.41) is 9.67. The molecule has 0 bridgehead atoms. The summed E-state index contributed by atoms with van der Waals surface area (Å²) < 4.78 is 10.6. The van der Waals surface area contributed by atoms with Gasteiger partial charge in [0, 0.05) is 38.4 Å². The SMILES string of the molecule is CCCC(=O)Nc1ccc(CNC(=NCc2ccc(OC)cc2)NCCCOCC)cc1.I. The zero-order valence-corrected chi connectivity index (χ0v) is 22.2. The van der Waals surface area contributed by atoms with Crippen LogP contribution in [0.3, 0.4) is 0 Å². The zero-order valence-electron chi connectivity index (χ0n) is 19.9. The van der Waals surface area contributed by atoms with E-state index < -0.39 is 0 Å². The predicted molar refractivity (Wildman–Crippen MR) is 145 cm³/mol. The van der Waals surface area contributed by atoms with E-state index in [4.69, 9.17) is 14.5 Å². The lowest BCUT2D eigenvalue weighted by atomic mass is 10.2. The predicted octanol–water partition coefficient (Wildman–Crippen LogP) is 4.71. The molecule has 0 unspecified atom stereocenters. The fourth-order valence-corrected chi connectivity index (χ4v) is 2.94. The lowest BCUT2D eigenvalue weighted by molar-refractivity contribution is -0.116. The van der Waals surface area contributed by atoms with Crippen LogP contribution in [0.5, 0.6) is 5.75 Å². The summed E-state index contributed by atoms with van der Waals surface area (Å²) in [6.07, 6.45) is 2.28. The molecule has 0 spiro atoms. The van der Waals surface area contributed by atoms with Crippen LogP contribution in [0.1, 0.15) is 44.2 Å². The quantitative estimate of drug-likeness (QED) is 0.141. The molecule has 3 N–H and O–H groups in total. The first-order valence-electron chi connectivity index (χ1n) is 11.3. The Morgan fingerprint density at radius 2 is 1.67 bits per heavy atom. The van der Waals surface area contributed by atoms with Gasteiger partial charge < -0.3 is 25.4 Å². The summed E-state index contributed by atoms with van der Waals surface area (Å²) in [6, 6.07) is 15.8. The van der Waals surface area contributed by atoms with Gasteiger partial charge in [-0.3, -0.25) is 4.79 Å². The summed E-state index contributed by atoms with van der Waals surface area (Å²) in [5.41, 5.74) is 3.02. The average Bonchev–Trinajstić information content (AvgIpc) is 2.81. The van der Waals surface area contributed by atoms with E-state index in [2.05, 4.69) is 16.0 Å². The third kappa shape index (κ3) is 11.9. The molecule has 33 heavy (non-hydrogen) atoms. The van der Waals surface area contributed by atoms with Crippen LogP contribution >= 0.6 is 24.0 Å². The smallest absolute Gasteiger partial charge is 0.224 e. The Hall–Kier alpha value is -2.33.